The molecule has 0 atom stereocenters. The summed E-state index contributed by atoms with van der Waals surface area (Å²) in [5.74, 6) is -1.96. The molecule has 0 saturated heterocycles. The summed E-state index contributed by atoms with van der Waals surface area (Å²) >= 11 is 0. The first-order valence-corrected chi connectivity index (χ1v) is 7.41. The van der Waals surface area contributed by atoms with Crippen LogP contribution in [-0.2, 0) is 6.18 Å². The van der Waals surface area contributed by atoms with Crippen molar-refractivity contribution in [3.63, 3.8) is 0 Å². The van der Waals surface area contributed by atoms with E-state index in [1.165, 1.54) is 12.3 Å². The minimum atomic E-state index is -4.76. The highest BCUT2D eigenvalue weighted by Gasteiger charge is 2.34. The van der Waals surface area contributed by atoms with Crippen molar-refractivity contribution >= 4 is 5.69 Å². The molecule has 12 heteroatoms. The van der Waals surface area contributed by atoms with E-state index in [-0.39, 0.29) is 27.4 Å². The minimum absolute atomic E-state index is 0.00706. The molecule has 0 fully saturated rings. The summed E-state index contributed by atoms with van der Waals surface area (Å²) in [7, 11) is 0. The zero-order valence-corrected chi connectivity index (χ0v) is 13.6. The van der Waals surface area contributed by atoms with Crippen LogP contribution in [0.2, 0.25) is 0 Å². The minimum Gasteiger partial charge on any atom is -0.619 e. The zero-order valence-electron chi connectivity index (χ0n) is 13.6. The van der Waals surface area contributed by atoms with E-state index in [1.807, 2.05) is 0 Å². The van der Waals surface area contributed by atoms with Crippen molar-refractivity contribution in [3.8, 4) is 34.1 Å². The van der Waals surface area contributed by atoms with Crippen LogP contribution in [0.15, 0.2) is 42.9 Å². The molecule has 0 amide bonds. The Morgan fingerprint density at radius 1 is 1.11 bits per heavy atom. The van der Waals surface area contributed by atoms with Gasteiger partial charge in [-0.15, -0.1) is 0 Å². The van der Waals surface area contributed by atoms with Gasteiger partial charge in [-0.3, -0.25) is 10.1 Å². The number of nitro groups is 1. The van der Waals surface area contributed by atoms with Crippen LogP contribution >= 0.6 is 0 Å². The summed E-state index contributed by atoms with van der Waals surface area (Å²) < 4.78 is 38.7. The van der Waals surface area contributed by atoms with Gasteiger partial charge >= 0.3 is 11.9 Å². The van der Waals surface area contributed by atoms with Gasteiger partial charge < -0.3 is 15.4 Å². The van der Waals surface area contributed by atoms with E-state index in [9.17, 15) is 38.7 Å². The SMILES string of the molecule is O=[N+]([O-])c1cc(-c2ccnc(-c3cc(C(F)(F)F)c[n+]([O-])c3)n2)cc(O)c1O. The van der Waals surface area contributed by atoms with Crippen LogP contribution in [0.3, 0.4) is 0 Å². The molecule has 3 rings (SSSR count). The molecule has 28 heavy (non-hydrogen) atoms. The van der Waals surface area contributed by atoms with Crippen LogP contribution < -0.4 is 4.73 Å². The number of phenolic OH excluding ortho intramolecular Hbond substituents is 2. The lowest BCUT2D eigenvalue weighted by Crippen LogP contribution is -2.27. The molecule has 144 valence electrons. The fourth-order valence-corrected chi connectivity index (χ4v) is 2.38. The number of nitro benzene ring substituents is 1. The summed E-state index contributed by atoms with van der Waals surface area (Å²) in [4.78, 5) is 17.9. The van der Waals surface area contributed by atoms with Crippen molar-refractivity contribution in [2.45, 2.75) is 6.18 Å². The number of nitrogens with zero attached hydrogens (tertiary/aromatic N) is 4. The van der Waals surface area contributed by atoms with Crippen LogP contribution in [-0.4, -0.2) is 25.1 Å². The Morgan fingerprint density at radius 3 is 2.46 bits per heavy atom. The van der Waals surface area contributed by atoms with E-state index in [0.717, 1.165) is 18.3 Å². The van der Waals surface area contributed by atoms with Gasteiger partial charge in [0.1, 0.15) is 5.56 Å². The quantitative estimate of drug-likeness (QED) is 0.229. The molecule has 2 N–H and O–H groups in total. The fraction of sp³-hybridized carbons (Fsp3) is 0.0625. The van der Waals surface area contributed by atoms with Gasteiger partial charge in [-0.05, 0) is 18.2 Å². The molecule has 0 aliphatic carbocycles. The van der Waals surface area contributed by atoms with Gasteiger partial charge in [0.05, 0.1) is 16.2 Å². The standard InChI is InChI=1S/C16H9F3N4O5/c17-16(18,19)10-3-9(6-22(26)7-10)15-20-2-1-11(21-15)8-4-12(23(27)28)14(25)13(24)5-8/h1-7,24-25H. The van der Waals surface area contributed by atoms with Crippen molar-refractivity contribution in [2.75, 3.05) is 0 Å². The summed E-state index contributed by atoms with van der Waals surface area (Å²) in [5.41, 5.74) is -2.20. The summed E-state index contributed by atoms with van der Waals surface area (Å²) in [6.45, 7) is 0. The van der Waals surface area contributed by atoms with Crippen LogP contribution in [0.25, 0.3) is 22.6 Å². The number of pyridine rings is 1. The number of aromatic hydroxyl groups is 2. The maximum atomic E-state index is 12.9. The lowest BCUT2D eigenvalue weighted by atomic mass is 10.1. The van der Waals surface area contributed by atoms with Gasteiger partial charge in [-0.2, -0.15) is 17.9 Å². The number of rotatable bonds is 3. The molecule has 0 spiro atoms. The largest absolute Gasteiger partial charge is 0.619 e. The first-order valence-electron chi connectivity index (χ1n) is 7.41. The van der Waals surface area contributed by atoms with E-state index in [0.29, 0.717) is 12.3 Å². The number of hydrogen-bond acceptors (Lipinski definition) is 7. The highest BCUT2D eigenvalue weighted by molar-refractivity contribution is 5.71. The Bertz CT molecular complexity index is 1090. The molecule has 0 radical (unpaired) electrons. The van der Waals surface area contributed by atoms with Gasteiger partial charge in [-0.1, -0.05) is 0 Å². The van der Waals surface area contributed by atoms with Crippen molar-refractivity contribution in [3.05, 3.63) is 63.7 Å². The Hall–Kier alpha value is -3.96. The molecule has 2 heterocycles. The van der Waals surface area contributed by atoms with Gasteiger partial charge in [0, 0.05) is 17.8 Å². The normalized spacial score (nSPS) is 11.4. The third kappa shape index (κ3) is 3.60. The van der Waals surface area contributed by atoms with Gasteiger partial charge in [0.25, 0.3) is 0 Å². The van der Waals surface area contributed by atoms with E-state index in [1.54, 1.807) is 0 Å². The van der Waals surface area contributed by atoms with E-state index in [4.69, 9.17) is 0 Å². The summed E-state index contributed by atoms with van der Waals surface area (Å²) in [6, 6.07) is 3.90. The molecule has 0 aliphatic heterocycles. The lowest BCUT2D eigenvalue weighted by Gasteiger charge is -2.09. The summed E-state index contributed by atoms with van der Waals surface area (Å²) in [6.07, 6.45) is -2.40. The average Bonchev–Trinajstić information content (AvgIpc) is 2.62. The van der Waals surface area contributed by atoms with Crippen molar-refractivity contribution < 1.29 is 33.0 Å². The van der Waals surface area contributed by atoms with Gasteiger partial charge in [0.15, 0.2) is 24.0 Å². The zero-order chi connectivity index (χ0) is 20.6. The molecule has 2 aromatic heterocycles. The fourth-order valence-electron chi connectivity index (χ4n) is 2.38. The Balaban J connectivity index is 2.12. The molecule has 0 saturated carbocycles. The molecule has 0 bridgehead atoms. The van der Waals surface area contributed by atoms with Crippen molar-refractivity contribution in [2.24, 2.45) is 0 Å². The number of hydrogen-bond donors (Lipinski definition) is 2. The second-order valence-electron chi connectivity index (χ2n) is 5.56. The predicted octanol–water partition coefficient (Wildman–Crippen LogP) is 2.78. The molecular formula is C16H9F3N4O5. The molecule has 9 nitrogen and oxygen atoms in total. The average molecular weight is 394 g/mol. The Morgan fingerprint density at radius 2 is 1.82 bits per heavy atom. The topological polar surface area (TPSA) is 136 Å². The molecule has 3 aromatic rings. The van der Waals surface area contributed by atoms with E-state index in [2.05, 4.69) is 9.97 Å². The molecule has 0 unspecified atom stereocenters. The Kier molecular flexibility index (Phi) is 4.47. The monoisotopic (exact) mass is 394 g/mol. The second-order valence-corrected chi connectivity index (χ2v) is 5.56. The maximum Gasteiger partial charge on any atom is 0.422 e. The lowest BCUT2D eigenvalue weighted by molar-refractivity contribution is -0.606. The molecule has 0 aliphatic rings. The van der Waals surface area contributed by atoms with Crippen LogP contribution in [0.1, 0.15) is 5.56 Å². The maximum absolute atomic E-state index is 12.9. The van der Waals surface area contributed by atoms with E-state index >= 15 is 0 Å². The van der Waals surface area contributed by atoms with Crippen LogP contribution in [0.4, 0.5) is 18.9 Å². The second kappa shape index (κ2) is 6.64. The van der Waals surface area contributed by atoms with Crippen molar-refractivity contribution in [1.82, 2.24) is 9.97 Å². The number of halogens is 3. The highest BCUT2D eigenvalue weighted by Crippen LogP contribution is 2.39. The molecule has 1 aromatic carbocycles. The van der Waals surface area contributed by atoms with E-state index < -0.39 is 33.8 Å². The number of phenols is 2. The number of benzene rings is 1. The third-order valence-electron chi connectivity index (χ3n) is 3.65. The predicted molar refractivity (Wildman–Crippen MR) is 86.8 cm³/mol. The highest BCUT2D eigenvalue weighted by atomic mass is 19.4. The Labute approximate surface area is 153 Å². The molecular weight excluding hydrogens is 385 g/mol. The smallest absolute Gasteiger partial charge is 0.422 e. The first-order chi connectivity index (χ1) is 13.1. The first kappa shape index (κ1) is 18.8. The number of alkyl halides is 3. The van der Waals surface area contributed by atoms with Gasteiger partial charge in [-0.25, -0.2) is 9.97 Å². The third-order valence-corrected chi connectivity index (χ3v) is 3.65. The van der Waals surface area contributed by atoms with Gasteiger partial charge in [0.2, 0.25) is 5.75 Å². The summed E-state index contributed by atoms with van der Waals surface area (Å²) in [5, 5.41) is 41.7. The van der Waals surface area contributed by atoms with Crippen molar-refractivity contribution in [1.29, 1.82) is 0 Å². The van der Waals surface area contributed by atoms with Crippen LogP contribution in [0.5, 0.6) is 11.5 Å². The number of aromatic nitrogens is 3. The van der Waals surface area contributed by atoms with Crippen LogP contribution in [0, 0.1) is 15.3 Å².